The number of carbonyl (C=O) groups excluding carboxylic acids is 1. The maximum absolute atomic E-state index is 12.2. The van der Waals surface area contributed by atoms with Crippen LogP contribution < -0.4 is 15.4 Å². The van der Waals surface area contributed by atoms with E-state index in [-0.39, 0.29) is 12.0 Å². The lowest BCUT2D eigenvalue weighted by Crippen LogP contribution is -2.26. The highest BCUT2D eigenvalue weighted by Gasteiger charge is 2.15. The van der Waals surface area contributed by atoms with E-state index in [2.05, 4.69) is 15.6 Å². The van der Waals surface area contributed by atoms with Crippen LogP contribution in [0.2, 0.25) is 0 Å². The zero-order valence-electron chi connectivity index (χ0n) is 15.0. The van der Waals surface area contributed by atoms with Gasteiger partial charge in [0.05, 0.1) is 18.8 Å². The first kappa shape index (κ1) is 18.2. The highest BCUT2D eigenvalue weighted by molar-refractivity contribution is 5.94. The average Bonchev–Trinajstić information content (AvgIpc) is 3.20. The molecule has 2 aromatic rings. The SMILES string of the molecule is COc1ccccc1CCNC(=O)c1ccc(NCC2CCCO2)nc1. The predicted molar refractivity (Wildman–Crippen MR) is 101 cm³/mol. The number of aromatic nitrogens is 1. The van der Waals surface area contributed by atoms with Crippen molar-refractivity contribution in [3.8, 4) is 5.75 Å². The predicted octanol–water partition coefficient (Wildman–Crippen LogP) is 2.65. The summed E-state index contributed by atoms with van der Waals surface area (Å²) in [5, 5.41) is 6.17. The fourth-order valence-electron chi connectivity index (χ4n) is 2.98. The van der Waals surface area contributed by atoms with Gasteiger partial charge in [-0.1, -0.05) is 18.2 Å². The van der Waals surface area contributed by atoms with Crippen LogP contribution in [0, 0.1) is 0 Å². The molecule has 1 amide bonds. The van der Waals surface area contributed by atoms with Crippen molar-refractivity contribution in [2.75, 3.05) is 32.1 Å². The van der Waals surface area contributed by atoms with Gasteiger partial charge in [0.15, 0.2) is 0 Å². The molecule has 138 valence electrons. The van der Waals surface area contributed by atoms with Crippen molar-refractivity contribution in [2.45, 2.75) is 25.4 Å². The first-order valence-electron chi connectivity index (χ1n) is 8.98. The molecular formula is C20H25N3O3. The zero-order chi connectivity index (χ0) is 18.2. The van der Waals surface area contributed by atoms with Crippen LogP contribution in [0.25, 0.3) is 0 Å². The molecule has 1 aromatic carbocycles. The Hall–Kier alpha value is -2.60. The Morgan fingerprint density at radius 1 is 1.31 bits per heavy atom. The van der Waals surface area contributed by atoms with E-state index in [0.717, 1.165) is 43.1 Å². The van der Waals surface area contributed by atoms with Crippen LogP contribution in [-0.2, 0) is 11.2 Å². The van der Waals surface area contributed by atoms with Gasteiger partial charge in [0.1, 0.15) is 11.6 Å². The number of hydrogen-bond donors (Lipinski definition) is 2. The summed E-state index contributed by atoms with van der Waals surface area (Å²) < 4.78 is 10.9. The second-order valence-corrected chi connectivity index (χ2v) is 6.27. The van der Waals surface area contributed by atoms with Gasteiger partial charge in [-0.3, -0.25) is 4.79 Å². The molecule has 2 N–H and O–H groups in total. The van der Waals surface area contributed by atoms with Crippen molar-refractivity contribution in [3.63, 3.8) is 0 Å². The number of rotatable bonds is 8. The second-order valence-electron chi connectivity index (χ2n) is 6.27. The van der Waals surface area contributed by atoms with Gasteiger partial charge in [-0.2, -0.15) is 0 Å². The van der Waals surface area contributed by atoms with Crippen molar-refractivity contribution in [2.24, 2.45) is 0 Å². The molecule has 2 heterocycles. The normalized spacial score (nSPS) is 16.3. The Bertz CT molecular complexity index is 712. The van der Waals surface area contributed by atoms with Crippen LogP contribution in [0.4, 0.5) is 5.82 Å². The molecule has 1 saturated heterocycles. The highest BCUT2D eigenvalue weighted by Crippen LogP contribution is 2.17. The molecule has 1 aliphatic heterocycles. The van der Waals surface area contributed by atoms with Gasteiger partial charge in [0.2, 0.25) is 0 Å². The smallest absolute Gasteiger partial charge is 0.252 e. The number of nitrogens with one attached hydrogen (secondary N) is 2. The molecule has 0 spiro atoms. The Balaban J connectivity index is 1.45. The summed E-state index contributed by atoms with van der Waals surface area (Å²) in [6.45, 7) is 2.13. The summed E-state index contributed by atoms with van der Waals surface area (Å²) >= 11 is 0. The number of hydrogen-bond acceptors (Lipinski definition) is 5. The third kappa shape index (κ3) is 4.95. The summed E-state index contributed by atoms with van der Waals surface area (Å²) in [5.41, 5.74) is 1.62. The lowest BCUT2D eigenvalue weighted by atomic mass is 10.1. The number of methoxy groups -OCH3 is 1. The van der Waals surface area contributed by atoms with E-state index in [1.54, 1.807) is 19.4 Å². The first-order valence-corrected chi connectivity index (χ1v) is 8.98. The Kier molecular flexibility index (Phi) is 6.44. The lowest BCUT2D eigenvalue weighted by Gasteiger charge is -2.11. The molecule has 1 unspecified atom stereocenters. The first-order chi connectivity index (χ1) is 12.8. The molecule has 3 rings (SSSR count). The van der Waals surface area contributed by atoms with E-state index in [4.69, 9.17) is 9.47 Å². The molecule has 0 radical (unpaired) electrons. The summed E-state index contributed by atoms with van der Waals surface area (Å²) in [6, 6.07) is 11.4. The second kappa shape index (κ2) is 9.20. The molecule has 26 heavy (non-hydrogen) atoms. The standard InChI is InChI=1S/C20H25N3O3/c1-25-18-7-3-2-5-15(18)10-11-21-20(24)16-8-9-19(22-13-16)23-14-17-6-4-12-26-17/h2-3,5,7-9,13,17H,4,6,10-12,14H2,1H3,(H,21,24)(H,22,23). The fourth-order valence-corrected chi connectivity index (χ4v) is 2.98. The van der Waals surface area contributed by atoms with Crippen LogP contribution in [0.3, 0.4) is 0 Å². The van der Waals surface area contributed by atoms with Gasteiger partial charge in [0, 0.05) is 25.9 Å². The van der Waals surface area contributed by atoms with Crippen LogP contribution in [0.15, 0.2) is 42.6 Å². The van der Waals surface area contributed by atoms with Gasteiger partial charge in [-0.05, 0) is 43.0 Å². The maximum atomic E-state index is 12.2. The molecule has 1 aromatic heterocycles. The van der Waals surface area contributed by atoms with Crippen molar-refractivity contribution in [3.05, 3.63) is 53.7 Å². The van der Waals surface area contributed by atoms with Crippen molar-refractivity contribution >= 4 is 11.7 Å². The van der Waals surface area contributed by atoms with Crippen molar-refractivity contribution in [1.29, 1.82) is 0 Å². The monoisotopic (exact) mass is 355 g/mol. The van der Waals surface area contributed by atoms with Crippen LogP contribution >= 0.6 is 0 Å². The molecule has 6 heteroatoms. The molecule has 0 aliphatic carbocycles. The molecule has 1 atom stereocenters. The number of nitrogens with zero attached hydrogens (tertiary/aromatic N) is 1. The van der Waals surface area contributed by atoms with E-state index >= 15 is 0 Å². The van der Waals surface area contributed by atoms with E-state index in [1.165, 1.54) is 0 Å². The van der Waals surface area contributed by atoms with Gasteiger partial charge >= 0.3 is 0 Å². The summed E-state index contributed by atoms with van der Waals surface area (Å²) in [5.74, 6) is 1.47. The third-order valence-electron chi connectivity index (χ3n) is 4.43. The van der Waals surface area contributed by atoms with E-state index in [0.29, 0.717) is 18.5 Å². The van der Waals surface area contributed by atoms with Crippen LogP contribution in [-0.4, -0.2) is 43.8 Å². The molecule has 1 aliphatic rings. The minimum atomic E-state index is -0.127. The van der Waals surface area contributed by atoms with Gasteiger partial charge in [0.25, 0.3) is 5.91 Å². The van der Waals surface area contributed by atoms with Gasteiger partial charge in [-0.15, -0.1) is 0 Å². The topological polar surface area (TPSA) is 72.5 Å². The fraction of sp³-hybridized carbons (Fsp3) is 0.400. The quantitative estimate of drug-likeness (QED) is 0.762. The molecular weight excluding hydrogens is 330 g/mol. The number of carbonyl (C=O) groups is 1. The zero-order valence-corrected chi connectivity index (χ0v) is 15.0. The number of amides is 1. The summed E-state index contributed by atoms with van der Waals surface area (Å²) in [7, 11) is 1.65. The van der Waals surface area contributed by atoms with Crippen molar-refractivity contribution in [1.82, 2.24) is 10.3 Å². The molecule has 0 saturated carbocycles. The maximum Gasteiger partial charge on any atom is 0.252 e. The van der Waals surface area contributed by atoms with Gasteiger partial charge in [-0.25, -0.2) is 4.98 Å². The molecule has 6 nitrogen and oxygen atoms in total. The number of para-hydroxylation sites is 1. The number of ether oxygens (including phenoxy) is 2. The van der Waals surface area contributed by atoms with Crippen LogP contribution in [0.1, 0.15) is 28.8 Å². The van der Waals surface area contributed by atoms with E-state index in [9.17, 15) is 4.79 Å². The highest BCUT2D eigenvalue weighted by atomic mass is 16.5. The average molecular weight is 355 g/mol. The summed E-state index contributed by atoms with van der Waals surface area (Å²) in [6.07, 6.45) is 4.77. The Morgan fingerprint density at radius 2 is 2.19 bits per heavy atom. The number of pyridine rings is 1. The number of anilines is 1. The molecule has 1 fully saturated rings. The number of benzene rings is 1. The largest absolute Gasteiger partial charge is 0.496 e. The Labute approximate surface area is 153 Å². The van der Waals surface area contributed by atoms with Gasteiger partial charge < -0.3 is 20.1 Å². The minimum absolute atomic E-state index is 0.127. The minimum Gasteiger partial charge on any atom is -0.496 e. The van der Waals surface area contributed by atoms with E-state index < -0.39 is 0 Å². The van der Waals surface area contributed by atoms with Crippen LogP contribution in [0.5, 0.6) is 5.75 Å². The van der Waals surface area contributed by atoms with Crippen molar-refractivity contribution < 1.29 is 14.3 Å². The lowest BCUT2D eigenvalue weighted by molar-refractivity contribution is 0.0953. The summed E-state index contributed by atoms with van der Waals surface area (Å²) in [4.78, 5) is 16.6. The molecule has 0 bridgehead atoms. The van der Waals surface area contributed by atoms with E-state index in [1.807, 2.05) is 30.3 Å². The Morgan fingerprint density at radius 3 is 2.92 bits per heavy atom. The third-order valence-corrected chi connectivity index (χ3v) is 4.43.